The number of carbonyl (C=O) groups excluding carboxylic acids is 1. The van der Waals surface area contributed by atoms with Crippen LogP contribution in [0.4, 0.5) is 0 Å². The number of hydrogen-bond acceptors (Lipinski definition) is 1. The molecule has 1 amide bonds. The maximum atomic E-state index is 12.0. The Hall–Kier alpha value is -1.54. The Morgan fingerprint density at radius 1 is 1.22 bits per heavy atom. The van der Waals surface area contributed by atoms with Crippen LogP contribution in [-0.4, -0.2) is 17.8 Å². The zero-order valence-electron chi connectivity index (χ0n) is 10.3. The van der Waals surface area contributed by atoms with Crippen LogP contribution in [0.5, 0.6) is 0 Å². The summed E-state index contributed by atoms with van der Waals surface area (Å²) in [5, 5.41) is 5.14. The molecule has 2 aromatic carbocycles. The third-order valence-electron chi connectivity index (χ3n) is 3.03. The van der Waals surface area contributed by atoms with Crippen molar-refractivity contribution in [2.24, 2.45) is 0 Å². The highest BCUT2D eigenvalue weighted by Gasteiger charge is 2.11. The molecule has 0 aliphatic carbocycles. The van der Waals surface area contributed by atoms with Gasteiger partial charge in [0.2, 0.25) is 0 Å². The van der Waals surface area contributed by atoms with Crippen molar-refractivity contribution >= 4 is 28.3 Å². The van der Waals surface area contributed by atoms with Crippen molar-refractivity contribution in [3.05, 3.63) is 48.0 Å². The Labute approximate surface area is 112 Å². The van der Waals surface area contributed by atoms with E-state index in [4.69, 9.17) is 11.6 Å². The Balaban J connectivity index is 2.22. The number of carbonyl (C=O) groups is 1. The summed E-state index contributed by atoms with van der Waals surface area (Å²) in [6.07, 6.45) is 0.836. The molecule has 2 aromatic rings. The zero-order chi connectivity index (χ0) is 13.0. The Bertz CT molecular complexity index is 549. The van der Waals surface area contributed by atoms with Gasteiger partial charge in [-0.05, 0) is 29.3 Å². The van der Waals surface area contributed by atoms with E-state index in [0.29, 0.717) is 11.4 Å². The predicted octanol–water partition coefficient (Wildman–Crippen LogP) is 3.59. The molecule has 0 saturated carbocycles. The average molecular weight is 262 g/mol. The third kappa shape index (κ3) is 2.82. The monoisotopic (exact) mass is 261 g/mol. The van der Waals surface area contributed by atoms with Crippen molar-refractivity contribution in [1.29, 1.82) is 0 Å². The molecule has 0 aliphatic rings. The molecule has 0 aromatic heterocycles. The molecule has 1 unspecified atom stereocenters. The zero-order valence-corrected chi connectivity index (χ0v) is 11.1. The molecule has 0 aliphatic heterocycles. The van der Waals surface area contributed by atoms with Crippen LogP contribution < -0.4 is 5.32 Å². The van der Waals surface area contributed by atoms with Gasteiger partial charge >= 0.3 is 0 Å². The Morgan fingerprint density at radius 2 is 1.94 bits per heavy atom. The van der Waals surface area contributed by atoms with Gasteiger partial charge in [0.15, 0.2) is 0 Å². The van der Waals surface area contributed by atoms with Crippen LogP contribution >= 0.6 is 11.6 Å². The lowest BCUT2D eigenvalue weighted by Gasteiger charge is -2.13. The molecule has 0 bridgehead atoms. The van der Waals surface area contributed by atoms with E-state index >= 15 is 0 Å². The molecule has 18 heavy (non-hydrogen) atoms. The van der Waals surface area contributed by atoms with Crippen molar-refractivity contribution in [3.63, 3.8) is 0 Å². The van der Waals surface area contributed by atoms with E-state index in [-0.39, 0.29) is 11.9 Å². The van der Waals surface area contributed by atoms with Gasteiger partial charge in [-0.15, -0.1) is 11.6 Å². The lowest BCUT2D eigenvalue weighted by atomic mass is 10.1. The first-order chi connectivity index (χ1) is 8.74. The smallest absolute Gasteiger partial charge is 0.251 e. The maximum Gasteiger partial charge on any atom is 0.251 e. The summed E-state index contributed by atoms with van der Waals surface area (Å²) in [5.74, 6) is 0.378. The van der Waals surface area contributed by atoms with Gasteiger partial charge in [0.05, 0.1) is 0 Å². The van der Waals surface area contributed by atoms with Crippen LogP contribution in [-0.2, 0) is 0 Å². The second kappa shape index (κ2) is 5.87. The van der Waals surface area contributed by atoms with Gasteiger partial charge in [-0.2, -0.15) is 0 Å². The molecule has 2 nitrogen and oxygen atoms in total. The molecule has 0 spiro atoms. The summed E-state index contributed by atoms with van der Waals surface area (Å²) in [4.78, 5) is 12.0. The minimum absolute atomic E-state index is 0.0330. The summed E-state index contributed by atoms with van der Waals surface area (Å²) < 4.78 is 0. The number of amides is 1. The fourth-order valence-electron chi connectivity index (χ4n) is 1.85. The number of benzene rings is 2. The molecule has 0 saturated heterocycles. The Kier molecular flexibility index (Phi) is 4.21. The van der Waals surface area contributed by atoms with Crippen LogP contribution in [0.25, 0.3) is 10.8 Å². The summed E-state index contributed by atoms with van der Waals surface area (Å²) in [6, 6.07) is 13.7. The topological polar surface area (TPSA) is 29.1 Å². The second-order valence-electron chi connectivity index (χ2n) is 4.29. The third-order valence-corrected chi connectivity index (χ3v) is 3.40. The van der Waals surface area contributed by atoms with Gasteiger partial charge in [0.25, 0.3) is 5.91 Å². The minimum Gasteiger partial charge on any atom is -0.348 e. The van der Waals surface area contributed by atoms with E-state index < -0.39 is 0 Å². The molecule has 0 radical (unpaired) electrons. The number of halogens is 1. The van der Waals surface area contributed by atoms with E-state index in [1.807, 2.05) is 49.4 Å². The van der Waals surface area contributed by atoms with Gasteiger partial charge in [0.1, 0.15) is 0 Å². The van der Waals surface area contributed by atoms with E-state index in [9.17, 15) is 4.79 Å². The Morgan fingerprint density at radius 3 is 2.61 bits per heavy atom. The van der Waals surface area contributed by atoms with Gasteiger partial charge in [-0.1, -0.05) is 37.3 Å². The largest absolute Gasteiger partial charge is 0.348 e. The van der Waals surface area contributed by atoms with Gasteiger partial charge < -0.3 is 5.32 Å². The second-order valence-corrected chi connectivity index (χ2v) is 4.60. The van der Waals surface area contributed by atoms with Crippen LogP contribution in [0.2, 0.25) is 0 Å². The number of fused-ring (bicyclic) bond motifs is 1. The number of alkyl halides is 1. The first-order valence-corrected chi connectivity index (χ1v) is 6.63. The molecule has 1 N–H and O–H groups in total. The fraction of sp³-hybridized carbons (Fsp3) is 0.267. The molecule has 2 rings (SSSR count). The molecule has 3 heteroatoms. The number of rotatable bonds is 4. The number of hydrogen-bond donors (Lipinski definition) is 1. The molecular formula is C15H16ClNO. The summed E-state index contributed by atoms with van der Waals surface area (Å²) in [5.41, 5.74) is 0.678. The summed E-state index contributed by atoms with van der Waals surface area (Å²) in [7, 11) is 0. The first-order valence-electron chi connectivity index (χ1n) is 6.10. The van der Waals surface area contributed by atoms with Gasteiger partial charge in [-0.3, -0.25) is 4.79 Å². The highest BCUT2D eigenvalue weighted by molar-refractivity contribution is 6.18. The van der Waals surface area contributed by atoms with Crippen LogP contribution in [0, 0.1) is 0 Å². The standard InChI is InChI=1S/C15H16ClNO/c1-2-14(10-16)17-15(18)13-8-7-11-5-3-4-6-12(11)9-13/h3-9,14H,2,10H2,1H3,(H,17,18). The van der Waals surface area contributed by atoms with E-state index in [2.05, 4.69) is 5.32 Å². The SMILES string of the molecule is CCC(CCl)NC(=O)c1ccc2ccccc2c1. The van der Waals surface area contributed by atoms with E-state index in [1.165, 1.54) is 0 Å². The van der Waals surface area contributed by atoms with Crippen molar-refractivity contribution in [2.45, 2.75) is 19.4 Å². The lowest BCUT2D eigenvalue weighted by Crippen LogP contribution is -2.35. The fourth-order valence-corrected chi connectivity index (χ4v) is 2.14. The molecule has 94 valence electrons. The summed E-state index contributed by atoms with van der Waals surface area (Å²) in [6.45, 7) is 2.01. The lowest BCUT2D eigenvalue weighted by molar-refractivity contribution is 0.0940. The van der Waals surface area contributed by atoms with E-state index in [1.54, 1.807) is 0 Å². The van der Waals surface area contributed by atoms with Crippen molar-refractivity contribution in [2.75, 3.05) is 5.88 Å². The molecule has 0 heterocycles. The average Bonchev–Trinajstić information content (AvgIpc) is 2.44. The van der Waals surface area contributed by atoms with Crippen molar-refractivity contribution < 1.29 is 4.79 Å². The quantitative estimate of drug-likeness (QED) is 0.838. The highest BCUT2D eigenvalue weighted by atomic mass is 35.5. The molecule has 1 atom stereocenters. The van der Waals surface area contributed by atoms with Crippen molar-refractivity contribution in [3.8, 4) is 0 Å². The van der Waals surface area contributed by atoms with Crippen LogP contribution in [0.1, 0.15) is 23.7 Å². The maximum absolute atomic E-state index is 12.0. The molecule has 0 fully saturated rings. The minimum atomic E-state index is -0.0618. The molecular weight excluding hydrogens is 246 g/mol. The van der Waals surface area contributed by atoms with Gasteiger partial charge in [0, 0.05) is 17.5 Å². The van der Waals surface area contributed by atoms with Crippen LogP contribution in [0.15, 0.2) is 42.5 Å². The predicted molar refractivity (Wildman–Crippen MR) is 76.2 cm³/mol. The van der Waals surface area contributed by atoms with E-state index in [0.717, 1.165) is 17.2 Å². The van der Waals surface area contributed by atoms with Gasteiger partial charge in [-0.25, -0.2) is 0 Å². The highest BCUT2D eigenvalue weighted by Crippen LogP contribution is 2.15. The first kappa shape index (κ1) is 12.9. The normalized spacial score (nSPS) is 12.3. The summed E-state index contributed by atoms with van der Waals surface area (Å²) >= 11 is 5.78. The van der Waals surface area contributed by atoms with Crippen LogP contribution in [0.3, 0.4) is 0 Å². The van der Waals surface area contributed by atoms with Crippen molar-refractivity contribution in [1.82, 2.24) is 5.32 Å². The number of nitrogens with one attached hydrogen (secondary N) is 1.